The van der Waals surface area contributed by atoms with Gasteiger partial charge in [0.15, 0.2) is 5.58 Å². The number of aromatic nitrogens is 1. The number of rotatable bonds is 14. The first-order valence-corrected chi connectivity index (χ1v) is 16.0. The Kier molecular flexibility index (Phi) is 13.0. The Morgan fingerprint density at radius 2 is 1.52 bits per heavy atom. The van der Waals surface area contributed by atoms with Gasteiger partial charge in [-0.3, -0.25) is 0 Å². The third-order valence-corrected chi connectivity index (χ3v) is 7.36. The molecule has 11 heteroatoms. The van der Waals surface area contributed by atoms with Crippen molar-refractivity contribution < 1.29 is 33.7 Å². The Morgan fingerprint density at radius 1 is 0.891 bits per heavy atom. The van der Waals surface area contributed by atoms with Gasteiger partial charge in [0, 0.05) is 19.1 Å². The summed E-state index contributed by atoms with van der Waals surface area (Å²) in [5.41, 5.74) is 3.17. The topological polar surface area (TPSA) is 155 Å². The molecule has 0 aliphatic heterocycles. The van der Waals surface area contributed by atoms with E-state index in [2.05, 4.69) is 20.9 Å². The molecule has 1 aromatic heterocycles. The number of nitrogens with one attached hydrogen (secondary N) is 3. The number of ether oxygens (including phenoxy) is 2. The van der Waals surface area contributed by atoms with Gasteiger partial charge in [0.1, 0.15) is 22.8 Å². The van der Waals surface area contributed by atoms with Crippen molar-refractivity contribution in [3.05, 3.63) is 65.0 Å². The summed E-state index contributed by atoms with van der Waals surface area (Å²) in [5.74, 6) is 0.191. The van der Waals surface area contributed by atoms with E-state index < -0.39 is 47.7 Å². The maximum Gasteiger partial charge on any atom is 0.407 e. The zero-order valence-corrected chi connectivity index (χ0v) is 28.5. The van der Waals surface area contributed by atoms with Crippen LogP contribution in [0.4, 0.5) is 9.59 Å². The van der Waals surface area contributed by atoms with Crippen LogP contribution in [0.25, 0.3) is 11.1 Å². The molecule has 2 amide bonds. The fourth-order valence-electron chi connectivity index (χ4n) is 4.90. The summed E-state index contributed by atoms with van der Waals surface area (Å²) >= 11 is 0. The van der Waals surface area contributed by atoms with Crippen molar-refractivity contribution in [3.8, 4) is 0 Å². The Bertz CT molecular complexity index is 1370. The molecule has 11 nitrogen and oxygen atoms in total. The number of benzene rings is 2. The van der Waals surface area contributed by atoms with Gasteiger partial charge in [-0.15, -0.1) is 0 Å². The van der Waals surface area contributed by atoms with Crippen molar-refractivity contribution in [1.82, 2.24) is 20.9 Å². The van der Waals surface area contributed by atoms with E-state index in [0.717, 1.165) is 16.7 Å². The molecule has 0 bridgehead atoms. The van der Waals surface area contributed by atoms with Gasteiger partial charge in [-0.2, -0.15) is 0 Å². The van der Waals surface area contributed by atoms with Crippen LogP contribution in [0, 0.1) is 13.8 Å². The molecule has 1 heterocycles. The Hall–Kier alpha value is -3.67. The molecule has 0 saturated heterocycles. The van der Waals surface area contributed by atoms with Crippen LogP contribution < -0.4 is 16.0 Å². The Labute approximate surface area is 272 Å². The molecule has 0 fully saturated rings. The highest BCUT2D eigenvalue weighted by Crippen LogP contribution is 2.26. The van der Waals surface area contributed by atoms with Crippen LogP contribution in [0.15, 0.2) is 46.9 Å². The molecule has 5 N–H and O–H groups in total. The minimum Gasteiger partial charge on any atom is -0.444 e. The third kappa shape index (κ3) is 12.3. The number of amides is 2. The number of carbonyl (C=O) groups excluding carboxylic acids is 2. The molecule has 2 unspecified atom stereocenters. The SMILES string of the molecule is Cc1cc2nc(C(O)[C@@H](CCc3ccccc3)NCC(O)[C@@H](CCCNC(=O)OC(C)(C)C)NC(=O)OC(C)(C)C)oc2cc1C. The van der Waals surface area contributed by atoms with E-state index in [0.29, 0.717) is 36.8 Å². The maximum absolute atomic E-state index is 12.7. The number of carbonyl (C=O) groups is 2. The minimum atomic E-state index is -1.10. The van der Waals surface area contributed by atoms with Crippen molar-refractivity contribution in [2.24, 2.45) is 0 Å². The molecule has 4 atom stereocenters. The van der Waals surface area contributed by atoms with E-state index in [1.165, 1.54) is 0 Å². The maximum atomic E-state index is 12.7. The summed E-state index contributed by atoms with van der Waals surface area (Å²) in [5, 5.41) is 31.6. The molecule has 46 heavy (non-hydrogen) atoms. The first kappa shape index (κ1) is 36.8. The monoisotopic (exact) mass is 640 g/mol. The highest BCUT2D eigenvalue weighted by atomic mass is 16.6. The number of hydrogen-bond acceptors (Lipinski definition) is 9. The second-order valence-electron chi connectivity index (χ2n) is 13.8. The first-order valence-electron chi connectivity index (χ1n) is 16.0. The predicted octanol–water partition coefficient (Wildman–Crippen LogP) is 5.63. The lowest BCUT2D eigenvalue weighted by atomic mass is 9.99. The molecule has 0 spiro atoms. The lowest BCUT2D eigenvalue weighted by molar-refractivity contribution is 0.0383. The summed E-state index contributed by atoms with van der Waals surface area (Å²) < 4.78 is 16.7. The van der Waals surface area contributed by atoms with Crippen LogP contribution in [0.2, 0.25) is 0 Å². The van der Waals surface area contributed by atoms with Crippen molar-refractivity contribution in [3.63, 3.8) is 0 Å². The van der Waals surface area contributed by atoms with Crippen LogP contribution in [0.1, 0.15) is 89.5 Å². The Balaban J connectivity index is 1.73. The number of oxazole rings is 1. The number of aliphatic hydroxyl groups is 2. The molecule has 0 radical (unpaired) electrons. The van der Waals surface area contributed by atoms with E-state index >= 15 is 0 Å². The highest BCUT2D eigenvalue weighted by Gasteiger charge is 2.29. The standard InChI is InChI=1S/C35H52N4O7/c1-22-19-27-29(20-23(22)2)44-31(38-27)30(41)26(17-16-24-13-10-9-11-14-24)37-21-28(40)25(39-33(43)46-35(6,7)8)15-12-18-36-32(42)45-34(3,4)5/h9-11,13-14,19-20,25-26,28,30,37,40-41H,12,15-18,21H2,1-8H3,(H,36,42)(H,39,43)/t25-,26-,28?,30?/m1/s1. The van der Waals surface area contributed by atoms with Gasteiger partial charge in [-0.25, -0.2) is 14.6 Å². The number of aryl methyl sites for hydroxylation is 3. The predicted molar refractivity (Wildman–Crippen MR) is 178 cm³/mol. The fourth-order valence-corrected chi connectivity index (χ4v) is 4.90. The lowest BCUT2D eigenvalue weighted by Gasteiger charge is -2.29. The third-order valence-electron chi connectivity index (χ3n) is 7.36. The molecule has 3 rings (SSSR count). The van der Waals surface area contributed by atoms with Crippen LogP contribution in [-0.4, -0.2) is 69.9 Å². The van der Waals surface area contributed by atoms with Crippen molar-refractivity contribution in [2.75, 3.05) is 13.1 Å². The summed E-state index contributed by atoms with van der Waals surface area (Å²) in [7, 11) is 0. The summed E-state index contributed by atoms with van der Waals surface area (Å²) in [6.07, 6.45) is -1.34. The molecule has 0 aliphatic rings. The van der Waals surface area contributed by atoms with Gasteiger partial charge in [0.05, 0.1) is 12.1 Å². The largest absolute Gasteiger partial charge is 0.444 e. The molecule has 254 valence electrons. The van der Waals surface area contributed by atoms with Gasteiger partial charge < -0.3 is 40.1 Å². The second-order valence-corrected chi connectivity index (χ2v) is 13.8. The smallest absolute Gasteiger partial charge is 0.407 e. The van der Waals surface area contributed by atoms with Crippen LogP contribution in [0.3, 0.4) is 0 Å². The normalized spacial score (nSPS) is 14.7. The van der Waals surface area contributed by atoms with Crippen molar-refractivity contribution in [1.29, 1.82) is 0 Å². The summed E-state index contributed by atoms with van der Waals surface area (Å²) in [6.45, 7) is 15.0. The van der Waals surface area contributed by atoms with Gasteiger partial charge in [0.2, 0.25) is 5.89 Å². The summed E-state index contributed by atoms with van der Waals surface area (Å²) in [4.78, 5) is 29.3. The zero-order chi connectivity index (χ0) is 34.1. The van der Waals surface area contributed by atoms with Gasteiger partial charge in [-0.1, -0.05) is 30.3 Å². The van der Waals surface area contributed by atoms with Gasteiger partial charge in [0.25, 0.3) is 0 Å². The minimum absolute atomic E-state index is 0.0505. The van der Waals surface area contributed by atoms with E-state index in [1.54, 1.807) is 41.5 Å². The number of alkyl carbamates (subject to hydrolysis) is 2. The second kappa shape index (κ2) is 16.2. The van der Waals surface area contributed by atoms with E-state index in [1.807, 2.05) is 56.3 Å². The fraction of sp³-hybridized carbons (Fsp3) is 0.571. The van der Waals surface area contributed by atoms with Crippen LogP contribution in [0.5, 0.6) is 0 Å². The van der Waals surface area contributed by atoms with E-state index in [4.69, 9.17) is 13.9 Å². The number of hydrogen-bond donors (Lipinski definition) is 5. The van der Waals surface area contributed by atoms with Gasteiger partial charge in [-0.05, 0) is 110 Å². The molecular formula is C35H52N4O7. The van der Waals surface area contributed by atoms with Crippen molar-refractivity contribution >= 4 is 23.3 Å². The average Bonchev–Trinajstić information content (AvgIpc) is 3.35. The summed E-state index contributed by atoms with van der Waals surface area (Å²) in [6, 6.07) is 12.5. The highest BCUT2D eigenvalue weighted by molar-refractivity contribution is 5.74. The van der Waals surface area contributed by atoms with E-state index in [9.17, 15) is 19.8 Å². The average molecular weight is 641 g/mol. The quantitative estimate of drug-likeness (QED) is 0.141. The number of fused-ring (bicyclic) bond motifs is 1. The molecular weight excluding hydrogens is 588 g/mol. The van der Waals surface area contributed by atoms with Crippen LogP contribution in [-0.2, 0) is 15.9 Å². The molecule has 3 aromatic rings. The van der Waals surface area contributed by atoms with Crippen LogP contribution >= 0.6 is 0 Å². The lowest BCUT2D eigenvalue weighted by Crippen LogP contribution is -2.51. The Morgan fingerprint density at radius 3 is 2.17 bits per heavy atom. The molecule has 0 aliphatic carbocycles. The molecule has 0 saturated carbocycles. The molecule has 2 aromatic carbocycles. The first-order chi connectivity index (χ1) is 21.5. The van der Waals surface area contributed by atoms with Gasteiger partial charge >= 0.3 is 12.2 Å². The van der Waals surface area contributed by atoms with Crippen molar-refractivity contribution in [2.45, 2.75) is 117 Å². The number of nitrogens with zero attached hydrogens (tertiary/aromatic N) is 1. The zero-order valence-electron chi connectivity index (χ0n) is 28.5. The number of aliphatic hydroxyl groups excluding tert-OH is 2. The van der Waals surface area contributed by atoms with E-state index in [-0.39, 0.29) is 19.0 Å².